The molecule has 31 heavy (non-hydrogen) atoms. The van der Waals surface area contributed by atoms with Crippen LogP contribution >= 0.6 is 23.1 Å². The number of piperidine rings is 1. The lowest BCUT2D eigenvalue weighted by Gasteiger charge is -2.39. The number of hydrogen-bond donors (Lipinski definition) is 0. The summed E-state index contributed by atoms with van der Waals surface area (Å²) < 4.78 is 6.95. The Kier molecular flexibility index (Phi) is 7.69. The summed E-state index contributed by atoms with van der Waals surface area (Å²) in [5, 5.41) is 2.08. The average molecular weight is 460 g/mol. The number of benzene rings is 1. The number of aromatic nitrogens is 1. The number of ether oxygens (including phenoxy) is 1. The molecule has 0 spiro atoms. The lowest BCUT2D eigenvalue weighted by Crippen LogP contribution is -2.48. The summed E-state index contributed by atoms with van der Waals surface area (Å²) in [6, 6.07) is 8.12. The molecule has 7 heteroatoms. The van der Waals surface area contributed by atoms with E-state index in [1.807, 2.05) is 24.0 Å². The molecule has 2 aliphatic rings. The molecule has 2 aromatic rings. The number of nitrogens with zero attached hydrogens (tertiary/aromatic N) is 3. The number of carbonyl (C=O) groups is 1. The Morgan fingerprint density at radius 3 is 2.45 bits per heavy atom. The summed E-state index contributed by atoms with van der Waals surface area (Å²) in [6.07, 6.45) is 2.82. The summed E-state index contributed by atoms with van der Waals surface area (Å²) in [7, 11) is 0. The lowest BCUT2D eigenvalue weighted by atomic mass is 9.95. The van der Waals surface area contributed by atoms with E-state index in [2.05, 4.69) is 41.2 Å². The van der Waals surface area contributed by atoms with Crippen LogP contribution in [0, 0.1) is 12.8 Å². The van der Waals surface area contributed by atoms with Gasteiger partial charge < -0.3 is 9.64 Å². The van der Waals surface area contributed by atoms with Gasteiger partial charge >= 0.3 is 0 Å². The number of morpholine rings is 1. The predicted octanol–water partition coefficient (Wildman–Crippen LogP) is 4.71. The van der Waals surface area contributed by atoms with E-state index in [4.69, 9.17) is 4.74 Å². The van der Waals surface area contributed by atoms with Crippen molar-refractivity contribution in [1.82, 2.24) is 14.8 Å². The van der Waals surface area contributed by atoms with Crippen molar-refractivity contribution in [2.24, 2.45) is 5.92 Å². The molecule has 2 aliphatic heterocycles. The molecule has 0 aliphatic carbocycles. The van der Waals surface area contributed by atoms with Crippen molar-refractivity contribution >= 4 is 29.0 Å². The summed E-state index contributed by atoms with van der Waals surface area (Å²) in [4.78, 5) is 22.0. The van der Waals surface area contributed by atoms with Gasteiger partial charge in [0.2, 0.25) is 0 Å². The van der Waals surface area contributed by atoms with Crippen LogP contribution in [0.15, 0.2) is 34.0 Å². The van der Waals surface area contributed by atoms with E-state index >= 15 is 0 Å². The average Bonchev–Trinajstić information content (AvgIpc) is 3.17. The standard InChI is InChI=1S/C24H33N3O2S2/c1-17-15-30-24(25-17)31-16-21-4-6-22(7-5-21)23(28)27-10-8-20(9-11-27)14-26-12-18(2)29-19(3)13-26/h4-7,15,18-20H,8-14,16H2,1-3H3. The molecule has 1 aromatic carbocycles. The first-order valence-electron chi connectivity index (χ1n) is 11.3. The molecule has 1 amide bonds. The van der Waals surface area contributed by atoms with Crippen molar-refractivity contribution in [3.63, 3.8) is 0 Å². The van der Waals surface area contributed by atoms with E-state index < -0.39 is 0 Å². The van der Waals surface area contributed by atoms with Crippen LogP contribution < -0.4 is 0 Å². The number of likely N-dealkylation sites (tertiary alicyclic amines) is 1. The van der Waals surface area contributed by atoms with E-state index in [1.54, 1.807) is 23.1 Å². The summed E-state index contributed by atoms with van der Waals surface area (Å²) in [5.41, 5.74) is 3.10. The van der Waals surface area contributed by atoms with Crippen LogP contribution in [0.4, 0.5) is 0 Å². The fourth-order valence-electron chi connectivity index (χ4n) is 4.59. The van der Waals surface area contributed by atoms with Crippen molar-refractivity contribution in [3.05, 3.63) is 46.5 Å². The molecule has 168 valence electrons. The van der Waals surface area contributed by atoms with Crippen molar-refractivity contribution < 1.29 is 9.53 Å². The van der Waals surface area contributed by atoms with Crippen molar-refractivity contribution in [2.75, 3.05) is 32.7 Å². The largest absolute Gasteiger partial charge is 0.373 e. The second-order valence-corrected chi connectivity index (χ2v) is 11.0. The van der Waals surface area contributed by atoms with E-state index in [-0.39, 0.29) is 5.91 Å². The van der Waals surface area contributed by atoms with Crippen LogP contribution in [0.2, 0.25) is 0 Å². The molecule has 2 saturated heterocycles. The number of thioether (sulfide) groups is 1. The van der Waals surface area contributed by atoms with Gasteiger partial charge in [-0.2, -0.15) is 0 Å². The number of carbonyl (C=O) groups excluding carboxylic acids is 1. The Morgan fingerprint density at radius 1 is 1.16 bits per heavy atom. The number of rotatable bonds is 6. The Hall–Kier alpha value is -1.41. The number of aryl methyl sites for hydroxylation is 1. The highest BCUT2D eigenvalue weighted by molar-refractivity contribution is 8.00. The summed E-state index contributed by atoms with van der Waals surface area (Å²) in [6.45, 7) is 11.2. The minimum Gasteiger partial charge on any atom is -0.373 e. The van der Waals surface area contributed by atoms with Crippen LogP contribution in [0.3, 0.4) is 0 Å². The highest BCUT2D eigenvalue weighted by Gasteiger charge is 2.28. The van der Waals surface area contributed by atoms with E-state index in [1.165, 1.54) is 5.56 Å². The molecular formula is C24H33N3O2S2. The van der Waals surface area contributed by atoms with Crippen LogP contribution in [0.5, 0.6) is 0 Å². The van der Waals surface area contributed by atoms with Crippen LogP contribution in [-0.2, 0) is 10.5 Å². The third kappa shape index (κ3) is 6.31. The lowest BCUT2D eigenvalue weighted by molar-refractivity contribution is -0.0728. The Labute approximate surface area is 194 Å². The van der Waals surface area contributed by atoms with Gasteiger partial charge in [0.25, 0.3) is 5.91 Å². The molecule has 1 aromatic heterocycles. The third-order valence-corrected chi connectivity index (χ3v) is 8.28. The summed E-state index contributed by atoms with van der Waals surface area (Å²) in [5.74, 6) is 1.73. The molecule has 0 bridgehead atoms. The maximum absolute atomic E-state index is 13.0. The minimum atomic E-state index is 0.168. The topological polar surface area (TPSA) is 45.7 Å². The van der Waals surface area contributed by atoms with Gasteiger partial charge in [0.15, 0.2) is 0 Å². The van der Waals surface area contributed by atoms with Crippen molar-refractivity contribution in [1.29, 1.82) is 0 Å². The van der Waals surface area contributed by atoms with Crippen molar-refractivity contribution in [2.45, 2.75) is 55.9 Å². The molecule has 2 fully saturated rings. The zero-order valence-corrected chi connectivity index (χ0v) is 20.4. The van der Waals surface area contributed by atoms with E-state index in [0.717, 1.165) is 66.9 Å². The number of hydrogen-bond acceptors (Lipinski definition) is 6. The van der Waals surface area contributed by atoms with Crippen LogP contribution in [0.25, 0.3) is 0 Å². The first-order valence-corrected chi connectivity index (χ1v) is 13.1. The van der Waals surface area contributed by atoms with Gasteiger partial charge in [-0.05, 0) is 57.2 Å². The Balaban J connectivity index is 1.23. The maximum Gasteiger partial charge on any atom is 0.253 e. The Bertz CT molecular complexity index is 852. The fourth-order valence-corrected chi connectivity index (χ4v) is 6.39. The number of thiazole rings is 1. The minimum absolute atomic E-state index is 0.168. The van der Waals surface area contributed by atoms with Gasteiger partial charge in [0.05, 0.1) is 12.2 Å². The Morgan fingerprint density at radius 2 is 1.84 bits per heavy atom. The normalized spacial score (nSPS) is 23.3. The van der Waals surface area contributed by atoms with Gasteiger partial charge in [-0.25, -0.2) is 4.98 Å². The molecule has 3 heterocycles. The maximum atomic E-state index is 13.0. The monoisotopic (exact) mass is 459 g/mol. The smallest absolute Gasteiger partial charge is 0.253 e. The highest BCUT2D eigenvalue weighted by atomic mass is 32.2. The SMILES string of the molecule is Cc1csc(SCc2ccc(C(=O)N3CCC(CN4CC(C)OC(C)C4)CC3)cc2)n1. The first-order chi connectivity index (χ1) is 15.0. The van der Waals surface area contributed by atoms with Gasteiger partial charge in [0, 0.05) is 55.1 Å². The third-order valence-electron chi connectivity index (χ3n) is 6.07. The summed E-state index contributed by atoms with van der Waals surface area (Å²) >= 11 is 3.44. The second kappa shape index (κ2) is 10.5. The van der Waals surface area contributed by atoms with E-state index in [9.17, 15) is 4.79 Å². The van der Waals surface area contributed by atoms with Crippen LogP contribution in [0.1, 0.15) is 48.3 Å². The van der Waals surface area contributed by atoms with Gasteiger partial charge in [-0.15, -0.1) is 11.3 Å². The number of amides is 1. The first kappa shape index (κ1) is 22.8. The van der Waals surface area contributed by atoms with Gasteiger partial charge in [-0.3, -0.25) is 9.69 Å². The van der Waals surface area contributed by atoms with Gasteiger partial charge in [-0.1, -0.05) is 23.9 Å². The molecule has 4 rings (SSSR count). The predicted molar refractivity (Wildman–Crippen MR) is 128 cm³/mol. The molecule has 0 radical (unpaired) electrons. The molecule has 2 atom stereocenters. The van der Waals surface area contributed by atoms with Gasteiger partial charge in [0.1, 0.15) is 4.34 Å². The quantitative estimate of drug-likeness (QED) is 0.586. The second-order valence-electron chi connectivity index (χ2n) is 8.95. The van der Waals surface area contributed by atoms with E-state index in [0.29, 0.717) is 18.1 Å². The van der Waals surface area contributed by atoms with Crippen LogP contribution in [-0.4, -0.2) is 65.6 Å². The fraction of sp³-hybridized carbons (Fsp3) is 0.583. The molecule has 0 N–H and O–H groups in total. The molecule has 0 saturated carbocycles. The van der Waals surface area contributed by atoms with Crippen molar-refractivity contribution in [3.8, 4) is 0 Å². The zero-order valence-electron chi connectivity index (χ0n) is 18.8. The highest BCUT2D eigenvalue weighted by Crippen LogP contribution is 2.27. The molecule has 5 nitrogen and oxygen atoms in total. The zero-order chi connectivity index (χ0) is 21.8. The molecule has 2 unspecified atom stereocenters. The molecular weight excluding hydrogens is 426 g/mol.